The average molecular weight is 739 g/mol. The number of carbonyl (C=O) groups is 4. The first-order valence-electron chi connectivity index (χ1n) is 19.3. The van der Waals surface area contributed by atoms with E-state index in [2.05, 4.69) is 4.90 Å². The van der Waals surface area contributed by atoms with Gasteiger partial charge in [0.25, 0.3) is 0 Å². The number of likely N-dealkylation sites (N-methyl/N-ethyl adjacent to an activating group) is 1. The van der Waals surface area contributed by atoms with Crippen molar-refractivity contribution in [2.75, 3.05) is 45.9 Å². The van der Waals surface area contributed by atoms with Crippen LogP contribution in [0.5, 0.6) is 0 Å². The van der Waals surface area contributed by atoms with Gasteiger partial charge in [0, 0.05) is 75.2 Å². The number of hydrogen-bond donors (Lipinski definition) is 2. The van der Waals surface area contributed by atoms with Gasteiger partial charge in [-0.15, -0.1) is 0 Å². The highest BCUT2D eigenvalue weighted by molar-refractivity contribution is 6.22. The molecule has 2 saturated heterocycles. The van der Waals surface area contributed by atoms with E-state index in [1.165, 1.54) is 0 Å². The second-order valence-corrected chi connectivity index (χ2v) is 17.3. The van der Waals surface area contributed by atoms with Gasteiger partial charge in [-0.1, -0.05) is 39.8 Å². The molecule has 2 N–H and O–H groups in total. The summed E-state index contributed by atoms with van der Waals surface area (Å²) in [6, 6.07) is 5.96. The molecule has 1 unspecified atom stereocenters. The fraction of sp³-hybridized carbons (Fsp3) is 0.750. The minimum Gasteiger partial charge on any atom is -0.461 e. The lowest BCUT2D eigenvalue weighted by Gasteiger charge is -2.70. The molecule has 1 spiro atoms. The number of benzene rings is 1. The number of aliphatic hydroxyl groups is 2. The third-order valence-corrected chi connectivity index (χ3v) is 15.0. The largest absolute Gasteiger partial charge is 0.461 e. The van der Waals surface area contributed by atoms with E-state index in [1.54, 1.807) is 66.4 Å². The molecule has 1 aromatic carbocycles. The number of amides is 2. The lowest BCUT2D eigenvalue weighted by atomic mass is 9.42. The number of carbonyl (C=O) groups excluding carboxylic acids is 4. The van der Waals surface area contributed by atoms with Gasteiger partial charge < -0.3 is 33.9 Å². The topological polar surface area (TPSA) is 161 Å². The van der Waals surface area contributed by atoms with Crippen molar-refractivity contribution in [1.82, 2.24) is 4.90 Å². The highest BCUT2D eigenvalue weighted by atomic mass is 16.6. The minimum atomic E-state index is -1.83. The van der Waals surface area contributed by atoms with Crippen LogP contribution in [0.2, 0.25) is 0 Å². The smallest absolute Gasteiger partial charge is 0.340 e. The Bertz CT molecular complexity index is 1700. The van der Waals surface area contributed by atoms with E-state index in [1.807, 2.05) is 6.92 Å². The number of hydrogen-bond acceptors (Lipinski definition) is 12. The molecule has 2 amide bonds. The molecule has 0 radical (unpaired) electrons. The molecule has 13 heteroatoms. The van der Waals surface area contributed by atoms with E-state index in [9.17, 15) is 29.4 Å². The van der Waals surface area contributed by atoms with Crippen LogP contribution in [0.3, 0.4) is 0 Å². The number of imide groups is 1. The van der Waals surface area contributed by atoms with Crippen LogP contribution in [-0.2, 0) is 38.1 Å². The first kappa shape index (κ1) is 37.0. The van der Waals surface area contributed by atoms with Crippen molar-refractivity contribution in [3.63, 3.8) is 0 Å². The number of ether oxygens (including phenoxy) is 5. The monoisotopic (exact) mass is 738 g/mol. The standard InChI is InChI=1S/C40H54N2O11/c1-8-41-18-37(19-52-35(46)22-11-9-10-12-25(22)42-28(43)15-21(4)33(42)44)14-13-27(50-6)39-24-16-23-26(49-5)17-38(47,29(24)30(23)53-34(45)20(2)3)40(48,36(39)41)32(51-7)31(37)39/h9-12,20-21,23-24,26-27,29-32,36,47-48H,8,13-19H2,1-7H3/t21?,23-,24-,26+,27+,29-,30+,31-,32+,36+,37+,38-,39+,40+/m1/s1. The quantitative estimate of drug-likeness (QED) is 0.267. The summed E-state index contributed by atoms with van der Waals surface area (Å²) in [6.07, 6.45) is -0.344. The van der Waals surface area contributed by atoms with Crippen LogP contribution in [0.25, 0.3) is 0 Å². The fourth-order valence-electron chi connectivity index (χ4n) is 13.3. The highest BCUT2D eigenvalue weighted by Crippen LogP contribution is 2.80. The van der Waals surface area contributed by atoms with Crippen molar-refractivity contribution in [1.29, 1.82) is 0 Å². The second-order valence-electron chi connectivity index (χ2n) is 17.3. The van der Waals surface area contributed by atoms with E-state index < -0.39 is 70.1 Å². The Morgan fingerprint density at radius 1 is 1.06 bits per heavy atom. The van der Waals surface area contributed by atoms with E-state index in [0.29, 0.717) is 32.4 Å². The molecule has 7 fully saturated rings. The molecule has 7 bridgehead atoms. The summed E-state index contributed by atoms with van der Waals surface area (Å²) in [5.41, 5.74) is -4.76. The lowest BCUT2D eigenvalue weighted by molar-refractivity contribution is -0.319. The Morgan fingerprint density at radius 2 is 1.79 bits per heavy atom. The summed E-state index contributed by atoms with van der Waals surface area (Å²) < 4.78 is 31.6. The summed E-state index contributed by atoms with van der Waals surface area (Å²) in [7, 11) is 4.88. The number of fused-ring (bicyclic) bond motifs is 2. The van der Waals surface area contributed by atoms with E-state index in [4.69, 9.17) is 23.7 Å². The SMILES string of the molecule is CCN1C[C@]2(COC(=O)c3ccccc3N3C(=O)CC(C)C3=O)CC[C@H](OC)[C@@]34[C@@H]5C[C@H]6[C@H](OC(=O)C(C)C)[C@@H]5[C@](O)(C[C@@H]6OC)[C@](O)([C@@H](OC)[C@H]23)[C@@H]14. The van der Waals surface area contributed by atoms with E-state index in [-0.39, 0.29) is 72.3 Å². The Labute approximate surface area is 310 Å². The van der Waals surface area contributed by atoms with Crippen molar-refractivity contribution >= 4 is 29.4 Å². The van der Waals surface area contributed by atoms with Gasteiger partial charge in [-0.25, -0.2) is 9.69 Å². The molecular weight excluding hydrogens is 684 g/mol. The Hall–Kier alpha value is -2.94. The maximum Gasteiger partial charge on any atom is 0.340 e. The molecule has 2 aliphatic heterocycles. The number of anilines is 1. The number of likely N-dealkylation sites (tertiary alicyclic amines) is 1. The summed E-state index contributed by atoms with van der Waals surface area (Å²) in [5, 5.41) is 27.0. The molecule has 5 saturated carbocycles. The molecule has 13 nitrogen and oxygen atoms in total. The zero-order chi connectivity index (χ0) is 38.0. The van der Waals surface area contributed by atoms with Gasteiger partial charge in [0.1, 0.15) is 17.3 Å². The summed E-state index contributed by atoms with van der Waals surface area (Å²) in [5.74, 6) is -4.07. The Morgan fingerprint density at radius 3 is 2.42 bits per heavy atom. The van der Waals surface area contributed by atoms with Gasteiger partial charge in [0.15, 0.2) is 0 Å². The van der Waals surface area contributed by atoms with Gasteiger partial charge in [-0.05, 0) is 43.9 Å². The first-order chi connectivity index (χ1) is 25.2. The van der Waals surface area contributed by atoms with E-state index in [0.717, 1.165) is 4.90 Å². The number of rotatable bonds is 10. The molecule has 2 heterocycles. The minimum absolute atomic E-state index is 0.0216. The third-order valence-electron chi connectivity index (χ3n) is 15.0. The van der Waals surface area contributed by atoms with Crippen LogP contribution in [-0.4, -0.2) is 122 Å². The second kappa shape index (κ2) is 12.5. The third kappa shape index (κ3) is 4.52. The van der Waals surface area contributed by atoms with Crippen LogP contribution in [0.15, 0.2) is 24.3 Å². The molecular formula is C40H54N2O11. The number of esters is 2. The van der Waals surface area contributed by atoms with Gasteiger partial charge in [0.05, 0.1) is 48.1 Å². The summed E-state index contributed by atoms with van der Waals surface area (Å²) >= 11 is 0. The highest BCUT2D eigenvalue weighted by Gasteiger charge is 2.92. The molecule has 53 heavy (non-hydrogen) atoms. The fourth-order valence-corrected chi connectivity index (χ4v) is 13.3. The summed E-state index contributed by atoms with van der Waals surface area (Å²) in [4.78, 5) is 56.7. The molecule has 7 aliphatic rings. The zero-order valence-corrected chi connectivity index (χ0v) is 31.8. The molecule has 290 valence electrons. The number of piperidine rings is 1. The molecule has 0 aromatic heterocycles. The molecule has 8 rings (SSSR count). The van der Waals surface area contributed by atoms with Crippen LogP contribution >= 0.6 is 0 Å². The molecule has 5 aliphatic carbocycles. The number of methoxy groups -OCH3 is 3. The van der Waals surface area contributed by atoms with Gasteiger partial charge in [-0.3, -0.25) is 19.3 Å². The first-order valence-corrected chi connectivity index (χ1v) is 19.3. The van der Waals surface area contributed by atoms with Crippen molar-refractivity contribution < 1.29 is 53.1 Å². The van der Waals surface area contributed by atoms with Crippen molar-refractivity contribution in [2.45, 2.75) is 101 Å². The lowest BCUT2D eigenvalue weighted by Crippen LogP contribution is -2.82. The normalized spacial score (nSPS) is 45.2. The Kier molecular flexibility index (Phi) is 8.76. The predicted octanol–water partition coefficient (Wildman–Crippen LogP) is 2.59. The van der Waals surface area contributed by atoms with Crippen LogP contribution < -0.4 is 4.90 Å². The summed E-state index contributed by atoms with van der Waals surface area (Å²) in [6.45, 7) is 8.30. The Balaban J connectivity index is 1.24. The maximum absolute atomic E-state index is 14.1. The molecule has 1 aromatic rings. The van der Waals surface area contributed by atoms with Crippen molar-refractivity contribution in [3.05, 3.63) is 29.8 Å². The van der Waals surface area contributed by atoms with Gasteiger partial charge in [-0.2, -0.15) is 0 Å². The average Bonchev–Trinajstić information content (AvgIpc) is 3.65. The van der Waals surface area contributed by atoms with Crippen LogP contribution in [0.4, 0.5) is 5.69 Å². The van der Waals surface area contributed by atoms with Gasteiger partial charge >= 0.3 is 11.9 Å². The van der Waals surface area contributed by atoms with E-state index >= 15 is 0 Å². The number of nitrogens with zero attached hydrogens (tertiary/aromatic N) is 2. The van der Waals surface area contributed by atoms with Crippen molar-refractivity contribution in [2.24, 2.45) is 46.3 Å². The van der Waals surface area contributed by atoms with Gasteiger partial charge in [0.2, 0.25) is 11.8 Å². The number of para-hydroxylation sites is 1. The molecule has 14 atom stereocenters. The van der Waals surface area contributed by atoms with Crippen molar-refractivity contribution in [3.8, 4) is 0 Å². The zero-order valence-electron chi connectivity index (χ0n) is 31.8. The van der Waals surface area contributed by atoms with Crippen LogP contribution in [0, 0.1) is 46.3 Å². The predicted molar refractivity (Wildman–Crippen MR) is 188 cm³/mol. The van der Waals surface area contributed by atoms with Crippen LogP contribution in [0.1, 0.15) is 70.2 Å². The maximum atomic E-state index is 14.1.